The molecule has 2 aliphatic heterocycles. The summed E-state index contributed by atoms with van der Waals surface area (Å²) in [6, 6.07) is 15.0. The number of allylic oxidation sites excluding steroid dienone is 1. The molecule has 3 aromatic rings. The average Bonchev–Trinajstić information content (AvgIpc) is 3.54. The molecule has 0 aliphatic carbocycles. The van der Waals surface area contributed by atoms with Gasteiger partial charge < -0.3 is 24.2 Å². The Morgan fingerprint density at radius 3 is 2.62 bits per heavy atom. The van der Waals surface area contributed by atoms with E-state index in [-0.39, 0.29) is 12.1 Å². The zero-order chi connectivity index (χ0) is 23.7. The predicted octanol–water partition coefficient (Wildman–Crippen LogP) is 5.24. The third kappa shape index (κ3) is 4.53. The van der Waals surface area contributed by atoms with Gasteiger partial charge in [-0.2, -0.15) is 4.98 Å². The van der Waals surface area contributed by atoms with Crippen molar-refractivity contribution in [3.8, 4) is 17.1 Å². The van der Waals surface area contributed by atoms with Gasteiger partial charge in [0.1, 0.15) is 5.75 Å². The molecule has 0 spiro atoms. The summed E-state index contributed by atoms with van der Waals surface area (Å²) >= 11 is 11.8. The normalized spacial score (nSPS) is 20.6. The van der Waals surface area contributed by atoms with Gasteiger partial charge in [-0.25, -0.2) is 0 Å². The molecule has 0 amide bonds. The smallest absolute Gasteiger partial charge is 0.258 e. The molecular formula is C25H25ClN4O3S. The Hall–Kier alpha value is -2.94. The highest BCUT2D eigenvalue weighted by molar-refractivity contribution is 7.80. The number of methoxy groups -OCH3 is 1. The molecule has 3 heterocycles. The number of rotatable bonds is 6. The van der Waals surface area contributed by atoms with Gasteiger partial charge in [-0.15, -0.1) is 0 Å². The van der Waals surface area contributed by atoms with E-state index in [1.165, 1.54) is 0 Å². The molecule has 1 aromatic heterocycles. The first-order valence-electron chi connectivity index (χ1n) is 11.2. The van der Waals surface area contributed by atoms with Gasteiger partial charge in [0.25, 0.3) is 5.89 Å². The third-order valence-corrected chi connectivity index (χ3v) is 6.80. The van der Waals surface area contributed by atoms with Crippen LogP contribution in [0.5, 0.6) is 5.75 Å². The maximum Gasteiger partial charge on any atom is 0.258 e. The number of halogens is 1. The van der Waals surface area contributed by atoms with Crippen LogP contribution in [0.15, 0.2) is 58.8 Å². The summed E-state index contributed by atoms with van der Waals surface area (Å²) < 4.78 is 17.0. The Morgan fingerprint density at radius 2 is 1.94 bits per heavy atom. The Kier molecular flexibility index (Phi) is 6.54. The molecule has 176 valence electrons. The van der Waals surface area contributed by atoms with E-state index in [9.17, 15) is 0 Å². The number of benzene rings is 2. The van der Waals surface area contributed by atoms with Crippen LogP contribution in [0.3, 0.4) is 0 Å². The first kappa shape index (κ1) is 22.8. The van der Waals surface area contributed by atoms with E-state index in [1.54, 1.807) is 7.11 Å². The van der Waals surface area contributed by atoms with Crippen LogP contribution in [0.25, 0.3) is 17.0 Å². The van der Waals surface area contributed by atoms with E-state index in [0.29, 0.717) is 28.4 Å². The van der Waals surface area contributed by atoms with Gasteiger partial charge in [0.2, 0.25) is 5.82 Å². The second kappa shape index (κ2) is 9.74. The standard InChI is InChI=1S/C25H25ClN4O3S/c1-15-21(24-28-23(29-33-24)17-5-9-18(26)10-6-17)22(16-7-11-19(31-2)12-8-16)27-25(34)30(15)14-20-4-3-13-32-20/h5-12,20,22H,3-4,13-14H2,1-2H3,(H,27,34). The van der Waals surface area contributed by atoms with Gasteiger partial charge >= 0.3 is 0 Å². The fourth-order valence-electron chi connectivity index (χ4n) is 4.37. The van der Waals surface area contributed by atoms with Crippen LogP contribution < -0.4 is 10.1 Å². The topological polar surface area (TPSA) is 72.7 Å². The van der Waals surface area contributed by atoms with Gasteiger partial charge in [0.05, 0.1) is 31.4 Å². The van der Waals surface area contributed by atoms with Crippen LogP contribution in [0.1, 0.15) is 37.3 Å². The Bertz CT molecular complexity index is 1200. The molecule has 34 heavy (non-hydrogen) atoms. The lowest BCUT2D eigenvalue weighted by atomic mass is 9.94. The molecular weight excluding hydrogens is 472 g/mol. The summed E-state index contributed by atoms with van der Waals surface area (Å²) in [5.74, 6) is 1.72. The second-order valence-corrected chi connectivity index (χ2v) is 9.15. The molecule has 2 aromatic carbocycles. The summed E-state index contributed by atoms with van der Waals surface area (Å²) in [5.41, 5.74) is 3.69. The van der Waals surface area contributed by atoms with E-state index in [1.807, 2.05) is 55.5 Å². The largest absolute Gasteiger partial charge is 0.497 e. The second-order valence-electron chi connectivity index (χ2n) is 8.33. The van der Waals surface area contributed by atoms with Crippen molar-refractivity contribution >= 4 is 34.5 Å². The van der Waals surface area contributed by atoms with E-state index in [4.69, 9.17) is 42.8 Å². The monoisotopic (exact) mass is 496 g/mol. The van der Waals surface area contributed by atoms with E-state index < -0.39 is 0 Å². The minimum Gasteiger partial charge on any atom is -0.497 e. The lowest BCUT2D eigenvalue weighted by Crippen LogP contribution is -2.48. The van der Waals surface area contributed by atoms with Gasteiger partial charge in [-0.1, -0.05) is 28.9 Å². The fraction of sp³-hybridized carbons (Fsp3) is 0.320. The van der Waals surface area contributed by atoms with Gasteiger partial charge in [0.15, 0.2) is 5.11 Å². The number of hydrogen-bond acceptors (Lipinski definition) is 6. The Labute approximate surface area is 208 Å². The van der Waals surface area contributed by atoms with Crippen LogP contribution in [0, 0.1) is 0 Å². The summed E-state index contributed by atoms with van der Waals surface area (Å²) in [6.07, 6.45) is 2.22. The summed E-state index contributed by atoms with van der Waals surface area (Å²) in [7, 11) is 1.65. The highest BCUT2D eigenvalue weighted by Gasteiger charge is 2.35. The number of ether oxygens (including phenoxy) is 2. The minimum absolute atomic E-state index is 0.140. The first-order chi connectivity index (χ1) is 16.5. The lowest BCUT2D eigenvalue weighted by molar-refractivity contribution is 0.0962. The zero-order valence-corrected chi connectivity index (χ0v) is 20.5. The molecule has 1 fully saturated rings. The van der Waals surface area contributed by atoms with Gasteiger partial charge in [0, 0.05) is 22.9 Å². The van der Waals surface area contributed by atoms with Crippen LogP contribution in [0.4, 0.5) is 0 Å². The molecule has 0 saturated carbocycles. The van der Waals surface area contributed by atoms with Crippen molar-refractivity contribution < 1.29 is 14.0 Å². The summed E-state index contributed by atoms with van der Waals surface area (Å²) in [4.78, 5) is 6.82. The molecule has 2 aliphatic rings. The molecule has 7 nitrogen and oxygen atoms in total. The molecule has 2 atom stereocenters. The number of hydrogen-bond donors (Lipinski definition) is 1. The fourth-order valence-corrected chi connectivity index (χ4v) is 4.82. The first-order valence-corrected chi connectivity index (χ1v) is 12.0. The van der Waals surface area contributed by atoms with Crippen molar-refractivity contribution in [2.45, 2.75) is 31.9 Å². The third-order valence-electron chi connectivity index (χ3n) is 6.21. The number of nitrogens with zero attached hydrogens (tertiary/aromatic N) is 3. The van der Waals surface area contributed by atoms with Crippen LogP contribution >= 0.6 is 23.8 Å². The summed E-state index contributed by atoms with van der Waals surface area (Å²) in [5, 5.41) is 9.03. The average molecular weight is 497 g/mol. The molecule has 0 bridgehead atoms. The maximum atomic E-state index is 6.04. The number of aromatic nitrogens is 2. The molecule has 0 radical (unpaired) electrons. The minimum atomic E-state index is -0.252. The van der Waals surface area contributed by atoms with Crippen molar-refractivity contribution in [2.75, 3.05) is 20.3 Å². The van der Waals surface area contributed by atoms with Gasteiger partial charge in [-0.3, -0.25) is 0 Å². The Balaban J connectivity index is 1.55. The lowest BCUT2D eigenvalue weighted by Gasteiger charge is -2.38. The number of nitrogens with one attached hydrogen (secondary N) is 1. The van der Waals surface area contributed by atoms with Crippen LogP contribution in [-0.2, 0) is 4.74 Å². The zero-order valence-electron chi connectivity index (χ0n) is 19.0. The highest BCUT2D eigenvalue weighted by Crippen LogP contribution is 2.38. The van der Waals surface area contributed by atoms with Crippen molar-refractivity contribution in [1.82, 2.24) is 20.4 Å². The molecule has 1 N–H and O–H groups in total. The molecule has 9 heteroatoms. The van der Waals surface area contributed by atoms with Crippen LogP contribution in [0.2, 0.25) is 5.02 Å². The quantitative estimate of drug-likeness (QED) is 0.464. The number of thiocarbonyl (C=S) groups is 1. The molecule has 1 saturated heterocycles. The van der Waals surface area contributed by atoms with Crippen molar-refractivity contribution in [2.24, 2.45) is 0 Å². The van der Waals surface area contributed by atoms with Crippen molar-refractivity contribution in [3.63, 3.8) is 0 Å². The van der Waals surface area contributed by atoms with E-state index >= 15 is 0 Å². The predicted molar refractivity (Wildman–Crippen MR) is 134 cm³/mol. The van der Waals surface area contributed by atoms with Crippen LogP contribution in [-0.4, -0.2) is 46.5 Å². The van der Waals surface area contributed by atoms with E-state index in [2.05, 4.69) is 15.4 Å². The molecule has 2 unspecified atom stereocenters. The van der Waals surface area contributed by atoms with Gasteiger partial charge in [-0.05, 0) is 73.9 Å². The SMILES string of the molecule is COc1ccc(C2NC(=S)N(CC3CCCO3)C(C)=C2c2nc(-c3ccc(Cl)cc3)no2)cc1. The highest BCUT2D eigenvalue weighted by atomic mass is 35.5. The Morgan fingerprint density at radius 1 is 1.18 bits per heavy atom. The molecule has 5 rings (SSSR count). The van der Waals surface area contributed by atoms with E-state index in [0.717, 1.165) is 47.6 Å². The van der Waals surface area contributed by atoms with Crippen molar-refractivity contribution in [3.05, 3.63) is 70.7 Å². The maximum absolute atomic E-state index is 6.04. The summed E-state index contributed by atoms with van der Waals surface area (Å²) in [6.45, 7) is 3.51. The van der Waals surface area contributed by atoms with Crippen molar-refractivity contribution in [1.29, 1.82) is 0 Å².